The van der Waals surface area contributed by atoms with Crippen LogP contribution in [0.5, 0.6) is 23.0 Å². The van der Waals surface area contributed by atoms with Crippen LogP contribution in [-0.2, 0) is 17.8 Å². The van der Waals surface area contributed by atoms with Gasteiger partial charge >= 0.3 is 0 Å². The number of benzene rings is 2. The Morgan fingerprint density at radius 2 is 1.77 bits per heavy atom. The van der Waals surface area contributed by atoms with Gasteiger partial charge in [0.2, 0.25) is 11.7 Å². The van der Waals surface area contributed by atoms with Crippen molar-refractivity contribution in [3.63, 3.8) is 0 Å². The fourth-order valence-electron chi connectivity index (χ4n) is 3.68. The summed E-state index contributed by atoms with van der Waals surface area (Å²) in [5, 5.41) is 2.93. The first-order valence-corrected chi connectivity index (χ1v) is 10.1. The quantitative estimate of drug-likeness (QED) is 0.677. The molecule has 2 aromatic carbocycles. The summed E-state index contributed by atoms with van der Waals surface area (Å²) in [6.45, 7) is 5.10. The van der Waals surface area contributed by atoms with Crippen LogP contribution in [0.3, 0.4) is 0 Å². The molecular weight excluding hydrogens is 384 g/mol. The molecule has 7 nitrogen and oxygen atoms in total. The number of rotatable bonds is 9. The van der Waals surface area contributed by atoms with Gasteiger partial charge in [-0.05, 0) is 36.6 Å². The monoisotopic (exact) mass is 414 g/mol. The largest absolute Gasteiger partial charge is 0.494 e. The van der Waals surface area contributed by atoms with Crippen molar-refractivity contribution < 1.29 is 23.7 Å². The van der Waals surface area contributed by atoms with E-state index >= 15 is 0 Å². The van der Waals surface area contributed by atoms with Crippen molar-refractivity contribution >= 4 is 11.6 Å². The number of amides is 1. The highest BCUT2D eigenvalue weighted by Crippen LogP contribution is 2.39. The van der Waals surface area contributed by atoms with Crippen molar-refractivity contribution in [1.29, 1.82) is 0 Å². The first-order chi connectivity index (χ1) is 14.6. The zero-order valence-corrected chi connectivity index (χ0v) is 18.1. The molecule has 0 atom stereocenters. The van der Waals surface area contributed by atoms with Gasteiger partial charge < -0.3 is 24.3 Å². The highest BCUT2D eigenvalue weighted by Gasteiger charge is 2.18. The van der Waals surface area contributed by atoms with Crippen LogP contribution >= 0.6 is 0 Å². The van der Waals surface area contributed by atoms with Gasteiger partial charge in [-0.25, -0.2) is 0 Å². The van der Waals surface area contributed by atoms with Gasteiger partial charge in [0.1, 0.15) is 5.75 Å². The number of fused-ring (bicyclic) bond motifs is 1. The number of hydrogen-bond acceptors (Lipinski definition) is 6. The van der Waals surface area contributed by atoms with Crippen LogP contribution in [0.1, 0.15) is 24.5 Å². The average Bonchev–Trinajstić information content (AvgIpc) is 2.76. The van der Waals surface area contributed by atoms with E-state index in [1.807, 2.05) is 13.0 Å². The SMILES string of the molecule is CCOc1ccc2c(c1)CN(CCC(=O)Nc1cc(OC)c(OC)c(OC)c1)CC2. The topological polar surface area (TPSA) is 69.3 Å². The molecule has 0 bridgehead atoms. The van der Waals surface area contributed by atoms with E-state index in [9.17, 15) is 4.79 Å². The molecule has 0 saturated carbocycles. The summed E-state index contributed by atoms with van der Waals surface area (Å²) in [6.07, 6.45) is 1.38. The molecule has 0 unspecified atom stereocenters. The molecule has 2 aromatic rings. The summed E-state index contributed by atoms with van der Waals surface area (Å²) in [5.41, 5.74) is 3.24. The van der Waals surface area contributed by atoms with E-state index in [0.29, 0.717) is 42.5 Å². The van der Waals surface area contributed by atoms with Gasteiger partial charge in [-0.15, -0.1) is 0 Å². The van der Waals surface area contributed by atoms with E-state index in [2.05, 4.69) is 22.3 Å². The van der Waals surface area contributed by atoms with Crippen molar-refractivity contribution in [1.82, 2.24) is 4.90 Å². The van der Waals surface area contributed by atoms with Crippen molar-refractivity contribution in [2.75, 3.05) is 46.3 Å². The first-order valence-electron chi connectivity index (χ1n) is 10.1. The molecule has 0 aromatic heterocycles. The number of carbonyl (C=O) groups excluding carboxylic acids is 1. The Morgan fingerprint density at radius 3 is 2.40 bits per heavy atom. The lowest BCUT2D eigenvalue weighted by Gasteiger charge is -2.28. The molecule has 0 fully saturated rings. The molecule has 162 valence electrons. The fourth-order valence-corrected chi connectivity index (χ4v) is 3.68. The zero-order chi connectivity index (χ0) is 21.5. The van der Waals surface area contributed by atoms with Crippen LogP contribution in [-0.4, -0.2) is 51.8 Å². The summed E-state index contributed by atoms with van der Waals surface area (Å²) >= 11 is 0. The molecule has 1 aliphatic rings. The molecule has 1 heterocycles. The third kappa shape index (κ3) is 5.16. The molecule has 0 radical (unpaired) electrons. The zero-order valence-electron chi connectivity index (χ0n) is 18.1. The number of hydrogen-bond donors (Lipinski definition) is 1. The Bertz CT molecular complexity index is 859. The summed E-state index contributed by atoms with van der Waals surface area (Å²) < 4.78 is 21.6. The molecule has 0 saturated heterocycles. The summed E-state index contributed by atoms with van der Waals surface area (Å²) in [6, 6.07) is 9.75. The van der Waals surface area contributed by atoms with Gasteiger partial charge in [0, 0.05) is 43.9 Å². The van der Waals surface area contributed by atoms with Gasteiger partial charge in [-0.1, -0.05) is 6.07 Å². The highest BCUT2D eigenvalue weighted by molar-refractivity contribution is 5.91. The van der Waals surface area contributed by atoms with Crippen molar-refractivity contribution in [3.8, 4) is 23.0 Å². The van der Waals surface area contributed by atoms with Crippen molar-refractivity contribution in [2.45, 2.75) is 26.3 Å². The second-order valence-corrected chi connectivity index (χ2v) is 7.10. The van der Waals surface area contributed by atoms with Crippen LogP contribution in [0.2, 0.25) is 0 Å². The third-order valence-electron chi connectivity index (χ3n) is 5.18. The summed E-state index contributed by atoms with van der Waals surface area (Å²) in [4.78, 5) is 14.8. The van der Waals surface area contributed by atoms with Crippen LogP contribution in [0.25, 0.3) is 0 Å². The highest BCUT2D eigenvalue weighted by atomic mass is 16.5. The van der Waals surface area contributed by atoms with E-state index in [4.69, 9.17) is 18.9 Å². The molecule has 1 amide bonds. The average molecular weight is 415 g/mol. The normalized spacial score (nSPS) is 13.3. The number of ether oxygens (including phenoxy) is 4. The maximum absolute atomic E-state index is 12.5. The van der Waals surface area contributed by atoms with E-state index in [1.54, 1.807) is 33.5 Å². The maximum atomic E-state index is 12.5. The molecule has 30 heavy (non-hydrogen) atoms. The number of carbonyl (C=O) groups is 1. The Kier molecular flexibility index (Phi) is 7.41. The second-order valence-electron chi connectivity index (χ2n) is 7.10. The first kappa shape index (κ1) is 21.8. The molecule has 1 N–H and O–H groups in total. The van der Waals surface area contributed by atoms with E-state index < -0.39 is 0 Å². The predicted molar refractivity (Wildman–Crippen MR) is 116 cm³/mol. The van der Waals surface area contributed by atoms with Gasteiger partial charge in [0.15, 0.2) is 11.5 Å². The predicted octanol–water partition coefficient (Wildman–Crippen LogP) is 3.50. The lowest BCUT2D eigenvalue weighted by atomic mass is 9.99. The van der Waals surface area contributed by atoms with E-state index in [1.165, 1.54) is 11.1 Å². The van der Waals surface area contributed by atoms with Crippen LogP contribution in [0.4, 0.5) is 5.69 Å². The van der Waals surface area contributed by atoms with E-state index in [0.717, 1.165) is 25.3 Å². The Hall–Kier alpha value is -2.93. The second kappa shape index (κ2) is 10.2. The Morgan fingerprint density at radius 1 is 1.03 bits per heavy atom. The smallest absolute Gasteiger partial charge is 0.225 e. The van der Waals surface area contributed by atoms with Crippen molar-refractivity contribution in [2.24, 2.45) is 0 Å². The number of nitrogens with one attached hydrogen (secondary N) is 1. The van der Waals surface area contributed by atoms with Crippen LogP contribution < -0.4 is 24.3 Å². The Labute approximate surface area is 177 Å². The number of methoxy groups -OCH3 is 3. The molecule has 0 aliphatic carbocycles. The minimum Gasteiger partial charge on any atom is -0.494 e. The molecule has 1 aliphatic heterocycles. The van der Waals surface area contributed by atoms with Crippen LogP contribution in [0, 0.1) is 0 Å². The number of nitrogens with zero attached hydrogens (tertiary/aromatic N) is 1. The maximum Gasteiger partial charge on any atom is 0.225 e. The molecule has 0 spiro atoms. The lowest BCUT2D eigenvalue weighted by molar-refractivity contribution is -0.116. The third-order valence-corrected chi connectivity index (χ3v) is 5.18. The van der Waals surface area contributed by atoms with Crippen molar-refractivity contribution in [3.05, 3.63) is 41.5 Å². The minimum absolute atomic E-state index is 0.0573. The number of anilines is 1. The molecular formula is C23H30N2O5. The van der Waals surface area contributed by atoms with Crippen LogP contribution in [0.15, 0.2) is 30.3 Å². The lowest BCUT2D eigenvalue weighted by Crippen LogP contribution is -2.33. The van der Waals surface area contributed by atoms with E-state index in [-0.39, 0.29) is 5.91 Å². The summed E-state index contributed by atoms with van der Waals surface area (Å²) in [5.74, 6) is 2.35. The van der Waals surface area contributed by atoms with Gasteiger partial charge in [0.25, 0.3) is 0 Å². The van der Waals surface area contributed by atoms with Gasteiger partial charge in [-0.2, -0.15) is 0 Å². The Balaban J connectivity index is 1.58. The standard InChI is InChI=1S/C23H30N2O5/c1-5-30-19-7-6-16-8-10-25(15-17(16)12-19)11-9-22(26)24-18-13-20(27-2)23(29-4)21(14-18)28-3/h6-7,12-14H,5,8-11,15H2,1-4H3,(H,24,26). The molecule has 3 rings (SSSR count). The molecule has 7 heteroatoms. The fraction of sp³-hybridized carbons (Fsp3) is 0.435. The minimum atomic E-state index is -0.0573. The summed E-state index contributed by atoms with van der Waals surface area (Å²) in [7, 11) is 4.65. The van der Waals surface area contributed by atoms with Gasteiger partial charge in [-0.3, -0.25) is 9.69 Å². The van der Waals surface area contributed by atoms with Gasteiger partial charge in [0.05, 0.1) is 27.9 Å².